The molecule has 144 valence electrons. The summed E-state index contributed by atoms with van der Waals surface area (Å²) in [5.41, 5.74) is 0.506. The molecule has 1 heterocycles. The molecular formula is C20H19N3O5. The van der Waals surface area contributed by atoms with Crippen LogP contribution >= 0.6 is 0 Å². The van der Waals surface area contributed by atoms with E-state index in [9.17, 15) is 9.59 Å². The van der Waals surface area contributed by atoms with E-state index in [-0.39, 0.29) is 11.4 Å². The van der Waals surface area contributed by atoms with Crippen LogP contribution in [0.2, 0.25) is 0 Å². The fraction of sp³-hybridized carbons (Fsp3) is 0.150. The lowest BCUT2D eigenvalue weighted by molar-refractivity contribution is 0.101. The Balaban J connectivity index is 2.01. The minimum absolute atomic E-state index is 0.0381. The average Bonchev–Trinajstić information content (AvgIpc) is 2.74. The first-order valence-electron chi connectivity index (χ1n) is 8.34. The van der Waals surface area contributed by atoms with Gasteiger partial charge < -0.3 is 19.5 Å². The average molecular weight is 381 g/mol. The van der Waals surface area contributed by atoms with Crippen LogP contribution in [-0.4, -0.2) is 37.0 Å². The lowest BCUT2D eigenvalue weighted by Crippen LogP contribution is -2.26. The number of rotatable bonds is 6. The molecule has 0 fully saturated rings. The summed E-state index contributed by atoms with van der Waals surface area (Å²) in [4.78, 5) is 25.2. The standard InChI is InChI=1S/C20H19N3O5/c1-26-14-9-10-15(16(11-14)27-2)21-20(25)19-17(28-3)12-18(24)23(22-19)13-7-5-4-6-8-13/h4-12H,1-3H3,(H,21,25). The van der Waals surface area contributed by atoms with Crippen LogP contribution in [0, 0.1) is 0 Å². The SMILES string of the molecule is COc1ccc(NC(=O)c2nn(-c3ccccc3)c(=O)cc2OC)c(OC)c1. The predicted octanol–water partition coefficient (Wildman–Crippen LogP) is 2.51. The van der Waals surface area contributed by atoms with Crippen LogP contribution in [0.15, 0.2) is 59.4 Å². The Morgan fingerprint density at radius 1 is 0.929 bits per heavy atom. The molecule has 1 aromatic heterocycles. The number of hydrogen-bond donors (Lipinski definition) is 1. The number of nitrogens with zero attached hydrogens (tertiary/aromatic N) is 2. The van der Waals surface area contributed by atoms with Crippen molar-refractivity contribution >= 4 is 11.6 Å². The molecule has 8 heteroatoms. The van der Waals surface area contributed by atoms with Crippen molar-refractivity contribution in [1.82, 2.24) is 9.78 Å². The second-order valence-electron chi connectivity index (χ2n) is 5.67. The number of carbonyl (C=O) groups excluding carboxylic acids is 1. The van der Waals surface area contributed by atoms with Crippen molar-refractivity contribution in [3.8, 4) is 22.9 Å². The molecular weight excluding hydrogens is 362 g/mol. The molecule has 3 aromatic rings. The van der Waals surface area contributed by atoms with Gasteiger partial charge in [-0.05, 0) is 24.3 Å². The van der Waals surface area contributed by atoms with E-state index in [1.54, 1.807) is 42.5 Å². The Morgan fingerprint density at radius 2 is 1.64 bits per heavy atom. The van der Waals surface area contributed by atoms with Gasteiger partial charge in [0.15, 0.2) is 11.4 Å². The summed E-state index contributed by atoms with van der Waals surface area (Å²) >= 11 is 0. The quantitative estimate of drug-likeness (QED) is 0.705. The van der Waals surface area contributed by atoms with Gasteiger partial charge in [-0.1, -0.05) is 18.2 Å². The monoisotopic (exact) mass is 381 g/mol. The highest BCUT2D eigenvalue weighted by Gasteiger charge is 2.19. The van der Waals surface area contributed by atoms with Gasteiger partial charge in [-0.3, -0.25) is 9.59 Å². The Kier molecular flexibility index (Phi) is 5.59. The summed E-state index contributed by atoms with van der Waals surface area (Å²) in [5, 5.41) is 6.92. The fourth-order valence-corrected chi connectivity index (χ4v) is 2.59. The molecule has 0 bridgehead atoms. The molecule has 0 saturated carbocycles. The molecule has 0 aliphatic carbocycles. The number of carbonyl (C=O) groups is 1. The third kappa shape index (κ3) is 3.80. The van der Waals surface area contributed by atoms with Gasteiger partial charge >= 0.3 is 0 Å². The second-order valence-corrected chi connectivity index (χ2v) is 5.67. The van der Waals surface area contributed by atoms with E-state index in [0.29, 0.717) is 22.9 Å². The number of benzene rings is 2. The highest BCUT2D eigenvalue weighted by molar-refractivity contribution is 6.05. The summed E-state index contributed by atoms with van der Waals surface area (Å²) in [6.07, 6.45) is 0. The van der Waals surface area contributed by atoms with Crippen molar-refractivity contribution < 1.29 is 19.0 Å². The van der Waals surface area contributed by atoms with Crippen molar-refractivity contribution in [2.75, 3.05) is 26.6 Å². The summed E-state index contributed by atoms with van der Waals surface area (Å²) in [7, 11) is 4.39. The van der Waals surface area contributed by atoms with E-state index in [0.717, 1.165) is 4.68 Å². The van der Waals surface area contributed by atoms with Gasteiger partial charge in [-0.15, -0.1) is 0 Å². The molecule has 1 amide bonds. The number of para-hydroxylation sites is 1. The van der Waals surface area contributed by atoms with Crippen LogP contribution < -0.4 is 25.1 Å². The Morgan fingerprint density at radius 3 is 2.29 bits per heavy atom. The van der Waals surface area contributed by atoms with E-state index >= 15 is 0 Å². The number of aromatic nitrogens is 2. The second kappa shape index (κ2) is 8.26. The number of amides is 1. The van der Waals surface area contributed by atoms with Crippen LogP contribution in [0.5, 0.6) is 17.2 Å². The molecule has 0 saturated heterocycles. The lowest BCUT2D eigenvalue weighted by Gasteiger charge is -2.13. The molecule has 0 spiro atoms. The summed E-state index contributed by atoms with van der Waals surface area (Å²) < 4.78 is 16.8. The topological polar surface area (TPSA) is 91.7 Å². The van der Waals surface area contributed by atoms with Gasteiger partial charge in [0, 0.05) is 6.07 Å². The zero-order valence-corrected chi connectivity index (χ0v) is 15.6. The van der Waals surface area contributed by atoms with Crippen LogP contribution in [0.3, 0.4) is 0 Å². The molecule has 2 aromatic carbocycles. The van der Waals surface area contributed by atoms with Crippen molar-refractivity contribution in [1.29, 1.82) is 0 Å². The van der Waals surface area contributed by atoms with Gasteiger partial charge in [0.1, 0.15) is 11.5 Å². The van der Waals surface area contributed by atoms with Crippen molar-refractivity contribution in [3.05, 3.63) is 70.6 Å². The summed E-state index contributed by atoms with van der Waals surface area (Å²) in [5.74, 6) is 0.526. The highest BCUT2D eigenvalue weighted by atomic mass is 16.5. The smallest absolute Gasteiger partial charge is 0.280 e. The maximum Gasteiger partial charge on any atom is 0.280 e. The van der Waals surface area contributed by atoms with Gasteiger partial charge in [0.25, 0.3) is 11.5 Å². The maximum absolute atomic E-state index is 12.9. The summed E-state index contributed by atoms with van der Waals surface area (Å²) in [6.45, 7) is 0. The maximum atomic E-state index is 12.9. The lowest BCUT2D eigenvalue weighted by atomic mass is 10.2. The van der Waals surface area contributed by atoms with E-state index in [1.807, 2.05) is 6.07 Å². The fourth-order valence-electron chi connectivity index (χ4n) is 2.59. The number of methoxy groups -OCH3 is 3. The third-order valence-electron chi connectivity index (χ3n) is 3.99. The predicted molar refractivity (Wildman–Crippen MR) is 104 cm³/mol. The zero-order chi connectivity index (χ0) is 20.1. The van der Waals surface area contributed by atoms with E-state index in [1.165, 1.54) is 27.4 Å². The van der Waals surface area contributed by atoms with Crippen LogP contribution in [0.1, 0.15) is 10.5 Å². The molecule has 0 radical (unpaired) electrons. The first kappa shape index (κ1) is 19.0. The zero-order valence-electron chi connectivity index (χ0n) is 15.6. The number of ether oxygens (including phenoxy) is 3. The number of nitrogens with one attached hydrogen (secondary N) is 1. The number of anilines is 1. The minimum atomic E-state index is -0.551. The van der Waals surface area contributed by atoms with Crippen LogP contribution in [0.25, 0.3) is 5.69 Å². The minimum Gasteiger partial charge on any atom is -0.497 e. The molecule has 8 nitrogen and oxygen atoms in total. The van der Waals surface area contributed by atoms with Gasteiger partial charge in [0.05, 0.1) is 38.8 Å². The first-order valence-corrected chi connectivity index (χ1v) is 8.34. The van der Waals surface area contributed by atoms with Crippen LogP contribution in [-0.2, 0) is 0 Å². The van der Waals surface area contributed by atoms with Crippen molar-refractivity contribution in [2.45, 2.75) is 0 Å². The highest BCUT2D eigenvalue weighted by Crippen LogP contribution is 2.29. The number of hydrogen-bond acceptors (Lipinski definition) is 6. The normalized spacial score (nSPS) is 10.2. The van der Waals surface area contributed by atoms with E-state index in [2.05, 4.69) is 10.4 Å². The third-order valence-corrected chi connectivity index (χ3v) is 3.99. The van der Waals surface area contributed by atoms with Gasteiger partial charge in [-0.2, -0.15) is 9.78 Å². The molecule has 28 heavy (non-hydrogen) atoms. The molecule has 1 N–H and O–H groups in total. The van der Waals surface area contributed by atoms with Crippen molar-refractivity contribution in [2.24, 2.45) is 0 Å². The molecule has 0 atom stereocenters. The van der Waals surface area contributed by atoms with Crippen molar-refractivity contribution in [3.63, 3.8) is 0 Å². The Labute approximate surface area is 161 Å². The van der Waals surface area contributed by atoms with Crippen LogP contribution in [0.4, 0.5) is 5.69 Å². The van der Waals surface area contributed by atoms with E-state index in [4.69, 9.17) is 14.2 Å². The summed E-state index contributed by atoms with van der Waals surface area (Å²) in [6, 6.07) is 15.0. The van der Waals surface area contributed by atoms with E-state index < -0.39 is 11.5 Å². The Hall–Kier alpha value is -3.81. The molecule has 3 rings (SSSR count). The first-order chi connectivity index (χ1) is 13.6. The van der Waals surface area contributed by atoms with Gasteiger partial charge in [0.2, 0.25) is 0 Å². The molecule has 0 aliphatic heterocycles. The van der Waals surface area contributed by atoms with Gasteiger partial charge in [-0.25, -0.2) is 0 Å². The largest absolute Gasteiger partial charge is 0.497 e. The molecule has 0 aliphatic rings. The Bertz CT molecular complexity index is 1050. The molecule has 0 unspecified atom stereocenters.